The second-order valence-corrected chi connectivity index (χ2v) is 12.4. The predicted octanol–water partition coefficient (Wildman–Crippen LogP) is 5.19. The first-order valence-electron chi connectivity index (χ1n) is 15.8. The topological polar surface area (TPSA) is 128 Å². The molecule has 11 nitrogen and oxygen atoms in total. The van der Waals surface area contributed by atoms with Gasteiger partial charge in [-0.15, -0.1) is 11.3 Å². The molecule has 48 heavy (non-hydrogen) atoms. The zero-order valence-electron chi connectivity index (χ0n) is 26.1. The number of anilines is 3. The van der Waals surface area contributed by atoms with Gasteiger partial charge in [0.05, 0.1) is 24.4 Å². The Kier molecular flexibility index (Phi) is 9.18. The molecular formula is C36H34N8O3S. The Morgan fingerprint density at radius 3 is 2.52 bits per heavy atom. The number of piperazine rings is 1. The van der Waals surface area contributed by atoms with Crippen molar-refractivity contribution in [3.05, 3.63) is 114 Å². The van der Waals surface area contributed by atoms with Gasteiger partial charge in [-0.2, -0.15) is 0 Å². The fraction of sp³-hybridized carbons (Fsp3) is 0.194. The average molecular weight is 659 g/mol. The number of hydrogen-bond donors (Lipinski definition) is 3. The SMILES string of the molecule is O=C(Cc1ccccc1)Nc1cccc(-c2nc3sccn3c2-c2ccnc(Nc3cccc(C(=O)N4CCN(CCO)CC4)c3)n2)c1. The second-order valence-electron chi connectivity index (χ2n) is 11.5. The molecule has 3 N–H and O–H groups in total. The van der Waals surface area contributed by atoms with E-state index in [4.69, 9.17) is 9.97 Å². The van der Waals surface area contributed by atoms with Gasteiger partial charge in [0.25, 0.3) is 5.91 Å². The largest absolute Gasteiger partial charge is 0.395 e. The number of aliphatic hydroxyl groups is 1. The highest BCUT2D eigenvalue weighted by molar-refractivity contribution is 7.15. The van der Waals surface area contributed by atoms with Crippen molar-refractivity contribution in [3.8, 4) is 22.6 Å². The van der Waals surface area contributed by atoms with Crippen molar-refractivity contribution in [2.45, 2.75) is 6.42 Å². The molecule has 1 fully saturated rings. The first kappa shape index (κ1) is 31.2. The summed E-state index contributed by atoms with van der Waals surface area (Å²) in [6.45, 7) is 3.47. The summed E-state index contributed by atoms with van der Waals surface area (Å²) in [4.78, 5) is 45.2. The normalized spacial score (nSPS) is 13.5. The van der Waals surface area contributed by atoms with Crippen LogP contribution in [0.15, 0.2) is 103 Å². The molecular weight excluding hydrogens is 625 g/mol. The Bertz CT molecular complexity index is 2050. The maximum Gasteiger partial charge on any atom is 0.254 e. The maximum atomic E-state index is 13.3. The van der Waals surface area contributed by atoms with E-state index < -0.39 is 0 Å². The molecule has 0 bridgehead atoms. The number of nitrogens with zero attached hydrogens (tertiary/aromatic N) is 6. The van der Waals surface area contributed by atoms with Crippen LogP contribution in [-0.4, -0.2) is 85.4 Å². The van der Waals surface area contributed by atoms with Gasteiger partial charge in [-0.25, -0.2) is 15.0 Å². The molecule has 4 heterocycles. The molecule has 1 aliphatic rings. The Morgan fingerprint density at radius 1 is 0.875 bits per heavy atom. The maximum absolute atomic E-state index is 13.3. The molecule has 0 spiro atoms. The van der Waals surface area contributed by atoms with E-state index in [1.54, 1.807) is 6.20 Å². The number of imidazole rings is 1. The number of hydrogen-bond acceptors (Lipinski definition) is 9. The van der Waals surface area contributed by atoms with Crippen molar-refractivity contribution in [2.75, 3.05) is 50.0 Å². The van der Waals surface area contributed by atoms with Crippen LogP contribution in [-0.2, 0) is 11.2 Å². The number of carbonyl (C=O) groups excluding carboxylic acids is 2. The Labute approximate surface area is 281 Å². The number of benzene rings is 3. The molecule has 2 amide bonds. The lowest BCUT2D eigenvalue weighted by Crippen LogP contribution is -2.49. The van der Waals surface area contributed by atoms with E-state index in [9.17, 15) is 14.7 Å². The smallest absolute Gasteiger partial charge is 0.254 e. The number of fused-ring (bicyclic) bond motifs is 1. The monoisotopic (exact) mass is 658 g/mol. The zero-order chi connectivity index (χ0) is 32.9. The molecule has 0 unspecified atom stereocenters. The summed E-state index contributed by atoms with van der Waals surface area (Å²) in [5, 5.41) is 17.5. The summed E-state index contributed by atoms with van der Waals surface area (Å²) in [5.41, 5.74) is 5.96. The quantitative estimate of drug-likeness (QED) is 0.184. The number of thiazole rings is 1. The molecule has 0 radical (unpaired) electrons. The summed E-state index contributed by atoms with van der Waals surface area (Å²) in [7, 11) is 0. The lowest BCUT2D eigenvalue weighted by molar-refractivity contribution is -0.115. The molecule has 0 saturated carbocycles. The number of aliphatic hydroxyl groups excluding tert-OH is 1. The average Bonchev–Trinajstić information content (AvgIpc) is 3.71. The standard InChI is InChI=1S/C36H34N8O3S/c45-20-18-42-14-16-43(17-15-42)34(47)27-9-5-11-29(24-27)39-35-37-13-12-30(40-35)33-32(41-36-44(33)19-21-48-36)26-8-4-10-28(23-26)38-31(46)22-25-6-2-1-3-7-25/h1-13,19,21,23-24,45H,14-18,20,22H2,(H,38,46)(H,37,39,40). The summed E-state index contributed by atoms with van der Waals surface area (Å²) in [6.07, 6.45) is 3.94. The highest BCUT2D eigenvalue weighted by Gasteiger charge is 2.23. The Balaban J connectivity index is 1.11. The summed E-state index contributed by atoms with van der Waals surface area (Å²) < 4.78 is 2.01. The summed E-state index contributed by atoms with van der Waals surface area (Å²) >= 11 is 1.53. The number of nitrogens with one attached hydrogen (secondary N) is 2. The minimum Gasteiger partial charge on any atom is -0.395 e. The minimum absolute atomic E-state index is 0.0285. The van der Waals surface area contributed by atoms with Crippen LogP contribution in [0, 0.1) is 0 Å². The van der Waals surface area contributed by atoms with Crippen molar-refractivity contribution >= 4 is 45.4 Å². The van der Waals surface area contributed by atoms with Gasteiger partial charge in [0.15, 0.2) is 4.96 Å². The fourth-order valence-corrected chi connectivity index (χ4v) is 6.58. The van der Waals surface area contributed by atoms with E-state index >= 15 is 0 Å². The molecule has 242 valence electrons. The summed E-state index contributed by atoms with van der Waals surface area (Å²) in [6, 6.07) is 26.5. The van der Waals surface area contributed by atoms with Gasteiger partial charge in [-0.1, -0.05) is 48.5 Å². The third-order valence-electron chi connectivity index (χ3n) is 8.23. The first-order chi connectivity index (χ1) is 23.5. The van der Waals surface area contributed by atoms with Crippen molar-refractivity contribution in [3.63, 3.8) is 0 Å². The lowest BCUT2D eigenvalue weighted by Gasteiger charge is -2.34. The van der Waals surface area contributed by atoms with Gasteiger partial charge < -0.3 is 20.6 Å². The van der Waals surface area contributed by atoms with Crippen LogP contribution in [0.4, 0.5) is 17.3 Å². The molecule has 3 aromatic heterocycles. The molecule has 12 heteroatoms. The zero-order valence-corrected chi connectivity index (χ0v) is 26.9. The van der Waals surface area contributed by atoms with Gasteiger partial charge in [0, 0.05) is 73.0 Å². The lowest BCUT2D eigenvalue weighted by atomic mass is 10.1. The number of aromatic nitrogens is 4. The summed E-state index contributed by atoms with van der Waals surface area (Å²) in [5.74, 6) is 0.259. The number of rotatable bonds is 10. The van der Waals surface area contributed by atoms with Crippen LogP contribution in [0.1, 0.15) is 15.9 Å². The number of carbonyl (C=O) groups is 2. The van der Waals surface area contributed by atoms with Crippen LogP contribution in [0.3, 0.4) is 0 Å². The van der Waals surface area contributed by atoms with Gasteiger partial charge in [0.1, 0.15) is 5.69 Å². The molecule has 3 aromatic carbocycles. The van der Waals surface area contributed by atoms with E-state index in [0.29, 0.717) is 48.2 Å². The second kappa shape index (κ2) is 14.1. The number of amides is 2. The molecule has 0 atom stereocenters. The third-order valence-corrected chi connectivity index (χ3v) is 8.99. The van der Waals surface area contributed by atoms with Gasteiger partial charge >= 0.3 is 0 Å². The van der Waals surface area contributed by atoms with Crippen LogP contribution in [0.25, 0.3) is 27.6 Å². The molecule has 7 rings (SSSR count). The van der Waals surface area contributed by atoms with Crippen LogP contribution >= 0.6 is 11.3 Å². The van der Waals surface area contributed by atoms with E-state index in [-0.39, 0.29) is 24.8 Å². The van der Waals surface area contributed by atoms with Crippen LogP contribution < -0.4 is 10.6 Å². The molecule has 0 aliphatic carbocycles. The first-order valence-corrected chi connectivity index (χ1v) is 16.6. The van der Waals surface area contributed by atoms with Crippen molar-refractivity contribution in [1.29, 1.82) is 0 Å². The fourth-order valence-electron chi connectivity index (χ4n) is 5.87. The predicted molar refractivity (Wildman–Crippen MR) is 187 cm³/mol. The van der Waals surface area contributed by atoms with E-state index in [1.165, 1.54) is 11.3 Å². The van der Waals surface area contributed by atoms with E-state index in [1.807, 2.05) is 106 Å². The van der Waals surface area contributed by atoms with Crippen molar-refractivity contribution < 1.29 is 14.7 Å². The minimum atomic E-state index is -0.0951. The molecule has 1 aliphatic heterocycles. The van der Waals surface area contributed by atoms with Gasteiger partial charge in [0.2, 0.25) is 11.9 Å². The highest BCUT2D eigenvalue weighted by atomic mass is 32.1. The molecule has 1 saturated heterocycles. The van der Waals surface area contributed by atoms with Crippen molar-refractivity contribution in [1.82, 2.24) is 29.2 Å². The highest BCUT2D eigenvalue weighted by Crippen LogP contribution is 2.35. The van der Waals surface area contributed by atoms with Crippen LogP contribution in [0.2, 0.25) is 0 Å². The van der Waals surface area contributed by atoms with Crippen LogP contribution in [0.5, 0.6) is 0 Å². The Morgan fingerprint density at radius 2 is 1.69 bits per heavy atom. The molecule has 6 aromatic rings. The van der Waals surface area contributed by atoms with E-state index in [2.05, 4.69) is 20.5 Å². The van der Waals surface area contributed by atoms with Gasteiger partial charge in [-0.3, -0.25) is 18.9 Å². The Hall–Kier alpha value is -5.43. The van der Waals surface area contributed by atoms with Gasteiger partial charge in [-0.05, 0) is 42.0 Å². The number of β-amino-alcohol motifs (C(OH)–C–C–N with tert-alkyl or cyclic N) is 1. The van der Waals surface area contributed by atoms with Crippen molar-refractivity contribution in [2.24, 2.45) is 0 Å². The third kappa shape index (κ3) is 6.95. The van der Waals surface area contributed by atoms with E-state index in [0.717, 1.165) is 40.6 Å².